The van der Waals surface area contributed by atoms with Crippen LogP contribution in [0.25, 0.3) is 5.69 Å². The Morgan fingerprint density at radius 2 is 2.26 bits per heavy atom. The van der Waals surface area contributed by atoms with E-state index in [1.165, 1.54) is 28.2 Å². The minimum Gasteiger partial charge on any atom is -0.349 e. The van der Waals surface area contributed by atoms with Crippen molar-refractivity contribution in [2.45, 2.75) is 38.6 Å². The summed E-state index contributed by atoms with van der Waals surface area (Å²) in [5, 5.41) is 10.2. The van der Waals surface area contributed by atoms with Gasteiger partial charge in [-0.15, -0.1) is 11.3 Å². The van der Waals surface area contributed by atoms with Crippen LogP contribution in [-0.4, -0.2) is 20.7 Å². The number of rotatable bonds is 4. The lowest BCUT2D eigenvalue weighted by Crippen LogP contribution is -2.32. The van der Waals surface area contributed by atoms with Gasteiger partial charge in [0, 0.05) is 22.7 Å². The first-order chi connectivity index (χ1) is 13.0. The monoisotopic (exact) mass is 388 g/mol. The molecule has 1 aromatic carbocycles. The summed E-state index contributed by atoms with van der Waals surface area (Å²) < 4.78 is 28.9. The SMILES string of the molecule is Cc1nc(CC(=O)NC2CCCc3c2cnn3-c2ccc(F)cc2F)cs1. The van der Waals surface area contributed by atoms with Crippen molar-refractivity contribution >= 4 is 17.2 Å². The Hall–Kier alpha value is -2.61. The maximum absolute atomic E-state index is 14.2. The number of fused-ring (bicyclic) bond motifs is 1. The third-order valence-electron chi connectivity index (χ3n) is 4.66. The van der Waals surface area contributed by atoms with Gasteiger partial charge in [0.25, 0.3) is 0 Å². The summed E-state index contributed by atoms with van der Waals surface area (Å²) in [4.78, 5) is 16.7. The second kappa shape index (κ2) is 7.19. The molecule has 8 heteroatoms. The average molecular weight is 388 g/mol. The number of amides is 1. The molecule has 3 aromatic rings. The van der Waals surface area contributed by atoms with Crippen molar-refractivity contribution in [2.24, 2.45) is 0 Å². The molecule has 0 saturated carbocycles. The van der Waals surface area contributed by atoms with Crippen molar-refractivity contribution < 1.29 is 13.6 Å². The molecule has 0 radical (unpaired) electrons. The molecule has 1 atom stereocenters. The number of aryl methyl sites for hydroxylation is 1. The Labute approximate surface area is 159 Å². The number of nitrogens with one attached hydrogen (secondary N) is 1. The number of halogens is 2. The zero-order chi connectivity index (χ0) is 19.0. The van der Waals surface area contributed by atoms with Crippen LogP contribution in [-0.2, 0) is 17.6 Å². The molecule has 1 unspecified atom stereocenters. The largest absolute Gasteiger partial charge is 0.349 e. The van der Waals surface area contributed by atoms with E-state index in [9.17, 15) is 13.6 Å². The van der Waals surface area contributed by atoms with Crippen molar-refractivity contribution in [1.29, 1.82) is 0 Å². The van der Waals surface area contributed by atoms with Gasteiger partial charge in [0.1, 0.15) is 11.5 Å². The molecule has 2 aromatic heterocycles. The summed E-state index contributed by atoms with van der Waals surface area (Å²) >= 11 is 1.52. The molecule has 1 amide bonds. The summed E-state index contributed by atoms with van der Waals surface area (Å²) in [6.45, 7) is 1.91. The highest BCUT2D eigenvalue weighted by atomic mass is 32.1. The molecule has 5 nitrogen and oxygen atoms in total. The van der Waals surface area contributed by atoms with E-state index in [4.69, 9.17) is 0 Å². The minimum atomic E-state index is -0.661. The predicted octanol–water partition coefficient (Wildman–Crippen LogP) is 3.65. The molecule has 0 saturated heterocycles. The number of carbonyl (C=O) groups excluding carboxylic acids is 1. The van der Waals surface area contributed by atoms with E-state index in [2.05, 4.69) is 15.4 Å². The molecule has 1 aliphatic carbocycles. The first-order valence-electron chi connectivity index (χ1n) is 8.74. The van der Waals surface area contributed by atoms with Gasteiger partial charge in [0.2, 0.25) is 5.91 Å². The lowest BCUT2D eigenvalue weighted by molar-refractivity contribution is -0.121. The number of thiazole rings is 1. The molecule has 2 heterocycles. The highest BCUT2D eigenvalue weighted by molar-refractivity contribution is 7.09. The lowest BCUT2D eigenvalue weighted by atomic mass is 9.92. The first kappa shape index (κ1) is 17.8. The van der Waals surface area contributed by atoms with E-state index in [1.807, 2.05) is 12.3 Å². The fourth-order valence-corrected chi connectivity index (χ4v) is 4.08. The average Bonchev–Trinajstić information content (AvgIpc) is 3.22. The zero-order valence-electron chi connectivity index (χ0n) is 14.7. The van der Waals surface area contributed by atoms with Crippen molar-refractivity contribution in [1.82, 2.24) is 20.1 Å². The summed E-state index contributed by atoms with van der Waals surface area (Å²) in [6, 6.07) is 3.27. The molecule has 0 bridgehead atoms. The summed E-state index contributed by atoms with van der Waals surface area (Å²) in [7, 11) is 0. The second-order valence-electron chi connectivity index (χ2n) is 6.60. The Morgan fingerprint density at radius 1 is 1.41 bits per heavy atom. The van der Waals surface area contributed by atoms with Crippen LogP contribution in [0.4, 0.5) is 8.78 Å². The maximum Gasteiger partial charge on any atom is 0.226 e. The van der Waals surface area contributed by atoms with E-state index in [0.717, 1.165) is 47.3 Å². The van der Waals surface area contributed by atoms with Crippen molar-refractivity contribution in [3.05, 3.63) is 63.4 Å². The maximum atomic E-state index is 14.2. The fraction of sp³-hybridized carbons (Fsp3) is 0.316. The molecule has 0 aliphatic heterocycles. The lowest BCUT2D eigenvalue weighted by Gasteiger charge is -2.24. The number of hydrogen-bond acceptors (Lipinski definition) is 4. The van der Waals surface area contributed by atoms with Crippen molar-refractivity contribution in [3.63, 3.8) is 0 Å². The Kier molecular flexibility index (Phi) is 4.73. The number of carbonyl (C=O) groups is 1. The molecule has 0 spiro atoms. The van der Waals surface area contributed by atoms with Crippen LogP contribution in [0.5, 0.6) is 0 Å². The van der Waals surface area contributed by atoms with E-state index < -0.39 is 11.6 Å². The van der Waals surface area contributed by atoms with Crippen LogP contribution in [0, 0.1) is 18.6 Å². The van der Waals surface area contributed by atoms with Crippen LogP contribution < -0.4 is 5.32 Å². The van der Waals surface area contributed by atoms with Crippen LogP contribution in [0.2, 0.25) is 0 Å². The van der Waals surface area contributed by atoms with Crippen molar-refractivity contribution in [3.8, 4) is 5.69 Å². The van der Waals surface area contributed by atoms with Crippen molar-refractivity contribution in [2.75, 3.05) is 0 Å². The summed E-state index contributed by atoms with van der Waals surface area (Å²) in [5.41, 5.74) is 2.70. The number of benzene rings is 1. The normalized spacial score (nSPS) is 16.2. The topological polar surface area (TPSA) is 59.8 Å². The standard InChI is InChI=1S/C19H18F2N4OS/c1-11-23-13(10-27-11)8-19(26)24-16-3-2-4-17-14(16)9-22-25(17)18-6-5-12(20)7-15(18)21/h5-7,9-10,16H,2-4,8H2,1H3,(H,24,26). The number of aromatic nitrogens is 3. The second-order valence-corrected chi connectivity index (χ2v) is 7.66. The van der Waals surface area contributed by atoms with Gasteiger partial charge < -0.3 is 5.32 Å². The quantitative estimate of drug-likeness (QED) is 0.742. The van der Waals surface area contributed by atoms with Crippen LogP contribution in [0.15, 0.2) is 29.8 Å². The van der Waals surface area contributed by atoms with Gasteiger partial charge in [-0.1, -0.05) is 0 Å². The Bertz CT molecular complexity index is 998. The Morgan fingerprint density at radius 3 is 3.00 bits per heavy atom. The molecule has 1 N–H and O–H groups in total. The van der Waals surface area contributed by atoms with E-state index >= 15 is 0 Å². The molecule has 0 fully saturated rings. The van der Waals surface area contributed by atoms with E-state index in [1.54, 1.807) is 6.20 Å². The highest BCUT2D eigenvalue weighted by Gasteiger charge is 2.27. The van der Waals surface area contributed by atoms with Gasteiger partial charge in [-0.2, -0.15) is 5.10 Å². The number of hydrogen-bond donors (Lipinski definition) is 1. The molecule has 4 rings (SSSR count). The Balaban J connectivity index is 1.55. The van der Waals surface area contributed by atoms with Gasteiger partial charge in [-0.3, -0.25) is 4.79 Å². The third-order valence-corrected chi connectivity index (χ3v) is 5.49. The zero-order valence-corrected chi connectivity index (χ0v) is 15.5. The highest BCUT2D eigenvalue weighted by Crippen LogP contribution is 2.31. The van der Waals surface area contributed by atoms with Crippen LogP contribution in [0.3, 0.4) is 0 Å². The molecular formula is C19H18F2N4OS. The molecule has 140 valence electrons. The van der Waals surface area contributed by atoms with Gasteiger partial charge in [-0.25, -0.2) is 18.4 Å². The van der Waals surface area contributed by atoms with Gasteiger partial charge >= 0.3 is 0 Å². The van der Waals surface area contributed by atoms with Crippen LogP contribution >= 0.6 is 11.3 Å². The van der Waals surface area contributed by atoms with Gasteiger partial charge in [0.15, 0.2) is 5.82 Å². The smallest absolute Gasteiger partial charge is 0.226 e. The number of nitrogens with zero attached hydrogens (tertiary/aromatic N) is 3. The summed E-state index contributed by atoms with van der Waals surface area (Å²) in [6.07, 6.45) is 4.27. The van der Waals surface area contributed by atoms with E-state index in [-0.39, 0.29) is 24.1 Å². The fourth-order valence-electron chi connectivity index (χ4n) is 3.47. The van der Waals surface area contributed by atoms with Gasteiger partial charge in [0.05, 0.1) is 29.4 Å². The summed E-state index contributed by atoms with van der Waals surface area (Å²) in [5.74, 6) is -1.38. The predicted molar refractivity (Wildman–Crippen MR) is 97.9 cm³/mol. The van der Waals surface area contributed by atoms with Crippen LogP contribution in [0.1, 0.15) is 40.8 Å². The van der Waals surface area contributed by atoms with E-state index in [0.29, 0.717) is 0 Å². The molecular weight excluding hydrogens is 370 g/mol. The first-order valence-corrected chi connectivity index (χ1v) is 9.62. The molecule has 1 aliphatic rings. The minimum absolute atomic E-state index is 0.0983. The third kappa shape index (κ3) is 3.62. The molecule has 27 heavy (non-hydrogen) atoms. The van der Waals surface area contributed by atoms with Gasteiger partial charge in [-0.05, 0) is 38.3 Å².